The zero-order valence-corrected chi connectivity index (χ0v) is 14.7. The second kappa shape index (κ2) is 4.86. The predicted octanol–water partition coefficient (Wildman–Crippen LogP) is 2.03. The normalized spacial score (nSPS) is 38.2. The summed E-state index contributed by atoms with van der Waals surface area (Å²) in [7, 11) is 1.44. The van der Waals surface area contributed by atoms with Gasteiger partial charge in [-0.3, -0.25) is 4.90 Å². The molecule has 5 rings (SSSR count). The minimum absolute atomic E-state index is 0.161. The van der Waals surface area contributed by atoms with Crippen LogP contribution in [0, 0.1) is 5.92 Å². The maximum absolute atomic E-state index is 12.8. The number of hydrogen-bond acceptors (Lipinski definition) is 5. The van der Waals surface area contributed by atoms with Gasteiger partial charge in [-0.2, -0.15) is 0 Å². The van der Waals surface area contributed by atoms with Crippen molar-refractivity contribution in [2.75, 3.05) is 25.5 Å². The fourth-order valence-corrected chi connectivity index (χ4v) is 5.95. The van der Waals surface area contributed by atoms with Crippen LogP contribution in [0.2, 0.25) is 0 Å². The van der Waals surface area contributed by atoms with E-state index in [0.717, 1.165) is 30.8 Å². The number of nitrogens with zero attached hydrogens (tertiary/aromatic N) is 1. The molecular formula is C20H24N2O3. The number of hydrogen-bond donors (Lipinski definition) is 2. The molecule has 1 spiro atoms. The van der Waals surface area contributed by atoms with Crippen LogP contribution >= 0.6 is 0 Å². The van der Waals surface area contributed by atoms with Crippen LogP contribution < -0.4 is 5.32 Å². The van der Waals surface area contributed by atoms with Gasteiger partial charge in [0.05, 0.1) is 23.7 Å². The Morgan fingerprint density at radius 2 is 2.24 bits per heavy atom. The average Bonchev–Trinajstić information content (AvgIpc) is 3.18. The van der Waals surface area contributed by atoms with Crippen molar-refractivity contribution in [2.45, 2.75) is 43.2 Å². The van der Waals surface area contributed by atoms with E-state index < -0.39 is 5.60 Å². The van der Waals surface area contributed by atoms with E-state index in [0.29, 0.717) is 24.6 Å². The average molecular weight is 340 g/mol. The molecule has 25 heavy (non-hydrogen) atoms. The van der Waals surface area contributed by atoms with Gasteiger partial charge in [-0.05, 0) is 37.4 Å². The number of piperidine rings is 1. The van der Waals surface area contributed by atoms with Crippen molar-refractivity contribution in [3.05, 3.63) is 41.1 Å². The molecule has 2 N–H and O–H groups in total. The van der Waals surface area contributed by atoms with Gasteiger partial charge in [-0.1, -0.05) is 25.1 Å². The van der Waals surface area contributed by atoms with Gasteiger partial charge in [-0.25, -0.2) is 4.79 Å². The third kappa shape index (κ3) is 1.68. The molecular weight excluding hydrogens is 316 g/mol. The molecule has 2 bridgehead atoms. The smallest absolute Gasteiger partial charge is 0.335 e. The summed E-state index contributed by atoms with van der Waals surface area (Å²) in [6, 6.07) is 8.72. The molecule has 2 saturated heterocycles. The summed E-state index contributed by atoms with van der Waals surface area (Å²) in [4.78, 5) is 15.2. The topological polar surface area (TPSA) is 61.8 Å². The third-order valence-electron chi connectivity index (χ3n) is 7.14. The van der Waals surface area contributed by atoms with Crippen molar-refractivity contribution in [3.63, 3.8) is 0 Å². The van der Waals surface area contributed by atoms with Gasteiger partial charge < -0.3 is 15.2 Å². The third-order valence-corrected chi connectivity index (χ3v) is 7.14. The minimum atomic E-state index is -0.875. The summed E-state index contributed by atoms with van der Waals surface area (Å²) in [6.45, 7) is 3.60. The molecule has 1 aromatic rings. The Bertz CT molecular complexity index is 804. The largest absolute Gasteiger partial charge is 0.466 e. The number of methoxy groups -OCH3 is 1. The number of carbonyl (C=O) groups excluding carboxylic acids is 1. The SMILES string of the molecule is CC[C@]1(O)CN2CC[C@@]34C(=C(C(=O)OC)[C@@H]1C[C@@H]23)Nc1ccccc14. The van der Waals surface area contributed by atoms with Gasteiger partial charge in [0.2, 0.25) is 0 Å². The van der Waals surface area contributed by atoms with Gasteiger partial charge in [-0.15, -0.1) is 0 Å². The number of fused-ring (bicyclic) bond motifs is 2. The van der Waals surface area contributed by atoms with E-state index in [1.807, 2.05) is 13.0 Å². The highest BCUT2D eigenvalue weighted by molar-refractivity contribution is 5.93. The zero-order valence-electron chi connectivity index (χ0n) is 14.7. The lowest BCUT2D eigenvalue weighted by atomic mass is 9.59. The molecule has 0 aromatic heterocycles. The van der Waals surface area contributed by atoms with E-state index in [9.17, 15) is 9.90 Å². The first-order valence-electron chi connectivity index (χ1n) is 9.21. The van der Waals surface area contributed by atoms with E-state index in [-0.39, 0.29) is 17.3 Å². The van der Waals surface area contributed by atoms with Crippen LogP contribution in [0.15, 0.2) is 35.5 Å². The van der Waals surface area contributed by atoms with Gasteiger partial charge in [0, 0.05) is 29.9 Å². The monoisotopic (exact) mass is 340 g/mol. The molecule has 4 atom stereocenters. The molecule has 5 heteroatoms. The van der Waals surface area contributed by atoms with Crippen LogP contribution in [-0.2, 0) is 14.9 Å². The number of carbonyl (C=O) groups is 1. The number of ether oxygens (including phenoxy) is 1. The Balaban J connectivity index is 1.81. The number of benzene rings is 1. The first-order valence-corrected chi connectivity index (χ1v) is 9.21. The highest BCUT2D eigenvalue weighted by atomic mass is 16.5. The van der Waals surface area contributed by atoms with Gasteiger partial charge >= 0.3 is 5.97 Å². The van der Waals surface area contributed by atoms with Crippen LogP contribution in [-0.4, -0.2) is 47.8 Å². The summed E-state index contributed by atoms with van der Waals surface area (Å²) in [5, 5.41) is 14.9. The van der Waals surface area contributed by atoms with Crippen molar-refractivity contribution in [3.8, 4) is 0 Å². The van der Waals surface area contributed by atoms with E-state index in [4.69, 9.17) is 4.74 Å². The molecule has 2 fully saturated rings. The van der Waals surface area contributed by atoms with E-state index in [2.05, 4.69) is 28.4 Å². The number of nitrogens with one attached hydrogen (secondary N) is 1. The van der Waals surface area contributed by atoms with Crippen molar-refractivity contribution in [2.24, 2.45) is 5.92 Å². The highest BCUT2D eigenvalue weighted by Crippen LogP contribution is 2.62. The number of esters is 1. The molecule has 0 radical (unpaired) electrons. The second-order valence-electron chi connectivity index (χ2n) is 7.90. The van der Waals surface area contributed by atoms with Crippen LogP contribution in [0.3, 0.4) is 0 Å². The maximum atomic E-state index is 12.8. The molecule has 5 nitrogen and oxygen atoms in total. The molecule has 1 aliphatic carbocycles. The van der Waals surface area contributed by atoms with Gasteiger partial charge in [0.15, 0.2) is 0 Å². The Morgan fingerprint density at radius 1 is 1.44 bits per heavy atom. The fraction of sp³-hybridized carbons (Fsp3) is 0.550. The standard InChI is InChI=1S/C20H24N2O3/c1-3-19(24)11-22-9-8-20-12-6-4-5-7-14(12)21-17(20)16(18(23)25-2)13(19)10-15(20)22/h4-7,13,15,21,24H,3,8-11H2,1-2H3/t13-,15+,19-,20-/m0/s1. The molecule has 0 saturated carbocycles. The second-order valence-corrected chi connectivity index (χ2v) is 7.90. The van der Waals surface area contributed by atoms with Crippen LogP contribution in [0.5, 0.6) is 0 Å². The van der Waals surface area contributed by atoms with Crippen molar-refractivity contribution in [1.29, 1.82) is 0 Å². The summed E-state index contributed by atoms with van der Waals surface area (Å²) < 4.78 is 5.17. The molecule has 0 amide bonds. The number of rotatable bonds is 2. The van der Waals surface area contributed by atoms with E-state index >= 15 is 0 Å². The summed E-state index contributed by atoms with van der Waals surface area (Å²) in [6.07, 6.45) is 2.42. The maximum Gasteiger partial charge on any atom is 0.335 e. The van der Waals surface area contributed by atoms with E-state index in [1.54, 1.807) is 0 Å². The lowest BCUT2D eigenvalue weighted by Gasteiger charge is -2.53. The highest BCUT2D eigenvalue weighted by Gasteiger charge is 2.65. The Labute approximate surface area is 147 Å². The Morgan fingerprint density at radius 3 is 3.00 bits per heavy atom. The summed E-state index contributed by atoms with van der Waals surface area (Å²) >= 11 is 0. The molecule has 3 aliphatic heterocycles. The Hall–Kier alpha value is -1.85. The first kappa shape index (κ1) is 15.4. The lowest BCUT2D eigenvalue weighted by molar-refractivity contribution is -0.142. The quantitative estimate of drug-likeness (QED) is 0.807. The first-order chi connectivity index (χ1) is 12.0. The molecule has 3 heterocycles. The predicted molar refractivity (Wildman–Crippen MR) is 94.1 cm³/mol. The minimum Gasteiger partial charge on any atom is -0.466 e. The molecule has 1 aromatic carbocycles. The Kier molecular flexibility index (Phi) is 3.00. The number of aliphatic hydroxyl groups is 1. The van der Waals surface area contributed by atoms with Gasteiger partial charge in [0.1, 0.15) is 0 Å². The number of para-hydroxylation sites is 1. The van der Waals surface area contributed by atoms with Crippen molar-refractivity contribution in [1.82, 2.24) is 4.90 Å². The lowest BCUT2D eigenvalue weighted by Crippen LogP contribution is -2.62. The molecule has 4 aliphatic rings. The van der Waals surface area contributed by atoms with E-state index in [1.165, 1.54) is 12.7 Å². The summed E-state index contributed by atoms with van der Waals surface area (Å²) in [5.74, 6) is -0.473. The van der Waals surface area contributed by atoms with Crippen molar-refractivity contribution >= 4 is 11.7 Å². The van der Waals surface area contributed by atoms with Crippen molar-refractivity contribution < 1.29 is 14.6 Å². The fourth-order valence-electron chi connectivity index (χ4n) is 5.95. The zero-order chi connectivity index (χ0) is 17.4. The van der Waals surface area contributed by atoms with Crippen LogP contribution in [0.25, 0.3) is 0 Å². The molecule has 132 valence electrons. The summed E-state index contributed by atoms with van der Waals surface area (Å²) in [5.41, 5.74) is 3.00. The molecule has 0 unspecified atom stereocenters. The van der Waals surface area contributed by atoms with Crippen LogP contribution in [0.4, 0.5) is 5.69 Å². The van der Waals surface area contributed by atoms with Gasteiger partial charge in [0.25, 0.3) is 0 Å². The van der Waals surface area contributed by atoms with Crippen LogP contribution in [0.1, 0.15) is 31.7 Å². The number of anilines is 1.